The minimum atomic E-state index is -0.292. The van der Waals surface area contributed by atoms with Crippen LogP contribution in [0, 0.1) is 0 Å². The summed E-state index contributed by atoms with van der Waals surface area (Å²) in [4.78, 5) is 11.9. The van der Waals surface area contributed by atoms with E-state index in [0.717, 1.165) is 0 Å². The van der Waals surface area contributed by atoms with Gasteiger partial charge in [-0.1, -0.05) is 23.2 Å². The Kier molecular flexibility index (Phi) is 3.75. The molecule has 0 aliphatic heterocycles. The number of amides is 1. The average Bonchev–Trinajstić information content (AvgIpc) is 2.35. The van der Waals surface area contributed by atoms with Crippen LogP contribution in [0.5, 0.6) is 5.75 Å². The fraction of sp³-hybridized carbons (Fsp3) is 0. The number of phenols is 1. The van der Waals surface area contributed by atoms with Crippen LogP contribution in [0.3, 0.4) is 0 Å². The lowest BCUT2D eigenvalue weighted by molar-refractivity contribution is 0.102. The molecule has 2 rings (SSSR count). The highest BCUT2D eigenvalue weighted by atomic mass is 35.5. The van der Waals surface area contributed by atoms with Gasteiger partial charge in [-0.05, 0) is 42.5 Å². The second-order valence-corrected chi connectivity index (χ2v) is 4.44. The second-order valence-electron chi connectivity index (χ2n) is 3.63. The van der Waals surface area contributed by atoms with Crippen LogP contribution in [0.25, 0.3) is 0 Å². The van der Waals surface area contributed by atoms with Gasteiger partial charge in [-0.3, -0.25) is 4.79 Å². The van der Waals surface area contributed by atoms with Crippen LogP contribution in [0.1, 0.15) is 10.4 Å². The topological polar surface area (TPSA) is 49.3 Å². The Morgan fingerprint density at radius 2 is 1.67 bits per heavy atom. The summed E-state index contributed by atoms with van der Waals surface area (Å²) in [6.07, 6.45) is 0. The molecule has 92 valence electrons. The molecule has 0 atom stereocenters. The molecule has 3 nitrogen and oxygen atoms in total. The zero-order valence-electron chi connectivity index (χ0n) is 9.15. The highest BCUT2D eigenvalue weighted by Gasteiger charge is 2.08. The molecular formula is C13H9Cl2NO2. The van der Waals surface area contributed by atoms with E-state index in [2.05, 4.69) is 5.32 Å². The molecule has 0 fully saturated rings. The van der Waals surface area contributed by atoms with Crippen molar-refractivity contribution in [3.63, 3.8) is 0 Å². The van der Waals surface area contributed by atoms with Crippen molar-refractivity contribution in [3.8, 4) is 5.75 Å². The van der Waals surface area contributed by atoms with Crippen molar-refractivity contribution in [2.75, 3.05) is 5.32 Å². The standard InChI is InChI=1S/C13H9Cl2NO2/c14-11-6-1-8(7-12(11)15)13(18)16-9-2-4-10(17)5-3-9/h1-7,17H,(H,16,18). The van der Waals surface area contributed by atoms with Crippen LogP contribution in [-0.4, -0.2) is 11.0 Å². The fourth-order valence-electron chi connectivity index (χ4n) is 1.39. The molecule has 2 N–H and O–H groups in total. The van der Waals surface area contributed by atoms with E-state index < -0.39 is 0 Å². The number of anilines is 1. The average molecular weight is 282 g/mol. The third-order valence-corrected chi connectivity index (χ3v) is 3.05. The van der Waals surface area contributed by atoms with Gasteiger partial charge in [-0.15, -0.1) is 0 Å². The van der Waals surface area contributed by atoms with Gasteiger partial charge >= 0.3 is 0 Å². The van der Waals surface area contributed by atoms with Crippen LogP contribution in [0.15, 0.2) is 42.5 Å². The molecule has 0 aliphatic carbocycles. The molecule has 2 aromatic carbocycles. The number of phenolic OH excluding ortho intramolecular Hbond substituents is 1. The summed E-state index contributed by atoms with van der Waals surface area (Å²) in [6, 6.07) is 10.8. The largest absolute Gasteiger partial charge is 0.508 e. The monoisotopic (exact) mass is 281 g/mol. The van der Waals surface area contributed by atoms with Gasteiger partial charge in [0.25, 0.3) is 5.91 Å². The third kappa shape index (κ3) is 2.94. The van der Waals surface area contributed by atoms with Crippen LogP contribution in [-0.2, 0) is 0 Å². The molecule has 0 aliphatic rings. The van der Waals surface area contributed by atoms with Gasteiger partial charge in [0, 0.05) is 11.3 Å². The molecule has 0 spiro atoms. The molecule has 0 saturated heterocycles. The maximum atomic E-state index is 11.9. The van der Waals surface area contributed by atoms with E-state index in [-0.39, 0.29) is 11.7 Å². The first-order chi connectivity index (χ1) is 8.56. The summed E-state index contributed by atoms with van der Waals surface area (Å²) in [5.41, 5.74) is 1.00. The summed E-state index contributed by atoms with van der Waals surface area (Å²) < 4.78 is 0. The minimum Gasteiger partial charge on any atom is -0.508 e. The zero-order chi connectivity index (χ0) is 13.1. The normalized spacial score (nSPS) is 10.1. The van der Waals surface area contributed by atoms with Gasteiger partial charge in [0.15, 0.2) is 0 Å². The van der Waals surface area contributed by atoms with Crippen LogP contribution in [0.2, 0.25) is 10.0 Å². The van der Waals surface area contributed by atoms with Gasteiger partial charge in [0.05, 0.1) is 10.0 Å². The maximum absolute atomic E-state index is 11.9. The number of benzene rings is 2. The number of aromatic hydroxyl groups is 1. The summed E-state index contributed by atoms with van der Waals surface area (Å²) in [6.45, 7) is 0. The quantitative estimate of drug-likeness (QED) is 0.819. The Morgan fingerprint density at radius 1 is 1.00 bits per heavy atom. The fourth-order valence-corrected chi connectivity index (χ4v) is 1.68. The Morgan fingerprint density at radius 3 is 2.28 bits per heavy atom. The Balaban J connectivity index is 2.16. The van der Waals surface area contributed by atoms with Gasteiger partial charge in [0.2, 0.25) is 0 Å². The van der Waals surface area contributed by atoms with Crippen molar-refractivity contribution >= 4 is 34.8 Å². The first kappa shape index (κ1) is 12.7. The Bertz CT molecular complexity index is 582. The zero-order valence-corrected chi connectivity index (χ0v) is 10.7. The predicted octanol–water partition coefficient (Wildman–Crippen LogP) is 3.95. The summed E-state index contributed by atoms with van der Waals surface area (Å²) in [5, 5.41) is 12.5. The molecule has 1 amide bonds. The van der Waals surface area contributed by atoms with Crippen molar-refractivity contribution in [2.24, 2.45) is 0 Å². The highest BCUT2D eigenvalue weighted by Crippen LogP contribution is 2.23. The van der Waals surface area contributed by atoms with Crippen molar-refractivity contribution in [3.05, 3.63) is 58.1 Å². The molecule has 0 bridgehead atoms. The van der Waals surface area contributed by atoms with Gasteiger partial charge in [-0.25, -0.2) is 0 Å². The number of hydrogen-bond acceptors (Lipinski definition) is 2. The summed E-state index contributed by atoms with van der Waals surface area (Å²) >= 11 is 11.6. The lowest BCUT2D eigenvalue weighted by atomic mass is 10.2. The number of hydrogen-bond donors (Lipinski definition) is 2. The lowest BCUT2D eigenvalue weighted by Crippen LogP contribution is -2.11. The first-order valence-electron chi connectivity index (χ1n) is 5.12. The van der Waals surface area contributed by atoms with Crippen molar-refractivity contribution in [1.29, 1.82) is 0 Å². The number of rotatable bonds is 2. The SMILES string of the molecule is O=C(Nc1ccc(O)cc1)c1ccc(Cl)c(Cl)c1. The predicted molar refractivity (Wildman–Crippen MR) is 72.5 cm³/mol. The number of carbonyl (C=O) groups is 1. The van der Waals surface area contributed by atoms with Crippen LogP contribution >= 0.6 is 23.2 Å². The maximum Gasteiger partial charge on any atom is 0.255 e. The molecule has 0 radical (unpaired) electrons. The molecular weight excluding hydrogens is 273 g/mol. The molecule has 5 heteroatoms. The Hall–Kier alpha value is -1.71. The van der Waals surface area contributed by atoms with Crippen molar-refractivity contribution in [1.82, 2.24) is 0 Å². The van der Waals surface area contributed by atoms with E-state index in [1.807, 2.05) is 0 Å². The highest BCUT2D eigenvalue weighted by molar-refractivity contribution is 6.42. The number of carbonyl (C=O) groups excluding carboxylic acids is 1. The summed E-state index contributed by atoms with van der Waals surface area (Å²) in [5.74, 6) is -0.151. The van der Waals surface area contributed by atoms with E-state index in [1.165, 1.54) is 18.2 Å². The smallest absolute Gasteiger partial charge is 0.255 e. The molecule has 0 aromatic heterocycles. The van der Waals surface area contributed by atoms with E-state index >= 15 is 0 Å². The van der Waals surface area contributed by atoms with Gasteiger partial charge in [0.1, 0.15) is 5.75 Å². The lowest BCUT2D eigenvalue weighted by Gasteiger charge is -2.06. The Labute approximate surface area is 114 Å². The molecule has 2 aromatic rings. The second kappa shape index (κ2) is 5.29. The molecule has 18 heavy (non-hydrogen) atoms. The van der Waals surface area contributed by atoms with Gasteiger partial charge in [-0.2, -0.15) is 0 Å². The van der Waals surface area contributed by atoms with Crippen LogP contribution in [0.4, 0.5) is 5.69 Å². The van der Waals surface area contributed by atoms with E-state index in [0.29, 0.717) is 21.3 Å². The van der Waals surface area contributed by atoms with E-state index in [4.69, 9.17) is 28.3 Å². The number of nitrogens with one attached hydrogen (secondary N) is 1. The summed E-state index contributed by atoms with van der Waals surface area (Å²) in [7, 11) is 0. The van der Waals surface area contributed by atoms with E-state index in [1.54, 1.807) is 24.3 Å². The molecule has 0 saturated carbocycles. The number of halogens is 2. The first-order valence-corrected chi connectivity index (χ1v) is 5.87. The van der Waals surface area contributed by atoms with Crippen molar-refractivity contribution < 1.29 is 9.90 Å². The third-order valence-electron chi connectivity index (χ3n) is 2.31. The molecule has 0 heterocycles. The van der Waals surface area contributed by atoms with Crippen LogP contribution < -0.4 is 5.32 Å². The van der Waals surface area contributed by atoms with E-state index in [9.17, 15) is 4.79 Å². The molecule has 0 unspecified atom stereocenters. The van der Waals surface area contributed by atoms with Crippen molar-refractivity contribution in [2.45, 2.75) is 0 Å². The minimum absolute atomic E-state index is 0.141. The van der Waals surface area contributed by atoms with Gasteiger partial charge < -0.3 is 10.4 Å².